The van der Waals surface area contributed by atoms with Crippen molar-refractivity contribution >= 4 is 5.78 Å². The molecule has 0 N–H and O–H groups in total. The van der Waals surface area contributed by atoms with Crippen LogP contribution >= 0.6 is 0 Å². The summed E-state index contributed by atoms with van der Waals surface area (Å²) in [7, 11) is 0. The van der Waals surface area contributed by atoms with E-state index in [2.05, 4.69) is 0 Å². The summed E-state index contributed by atoms with van der Waals surface area (Å²) in [6.07, 6.45) is 4.30. The van der Waals surface area contributed by atoms with Crippen molar-refractivity contribution in [1.82, 2.24) is 0 Å². The van der Waals surface area contributed by atoms with Crippen molar-refractivity contribution in [2.24, 2.45) is 0 Å². The number of hydrogen-bond acceptors (Lipinski definition) is 2. The van der Waals surface area contributed by atoms with E-state index in [9.17, 15) is 4.79 Å². The third-order valence-electron chi connectivity index (χ3n) is 1.38. The van der Waals surface area contributed by atoms with E-state index >= 15 is 0 Å². The van der Waals surface area contributed by atoms with E-state index in [4.69, 9.17) is 4.42 Å². The number of carbonyl (C=O) groups is 1. The second kappa shape index (κ2) is 3.20. The maximum absolute atomic E-state index is 10.8. The van der Waals surface area contributed by atoms with Crippen LogP contribution in [-0.4, -0.2) is 5.78 Å². The summed E-state index contributed by atoms with van der Waals surface area (Å²) >= 11 is 0. The normalized spacial score (nSPS) is 9.70. The number of Topliss-reactive ketones (excluding diaryl/α,β-unsaturated/α-hetero) is 1. The predicted molar refractivity (Wildman–Crippen MR) is 37.7 cm³/mol. The highest BCUT2D eigenvalue weighted by atomic mass is 16.3. The molecule has 1 rings (SSSR count). The molecular weight excluding hydrogens is 128 g/mol. The SMILES string of the molecule is CCC(=O)Cc1ccoc1. The second-order valence-electron chi connectivity index (χ2n) is 2.20. The molecule has 0 fully saturated rings. The van der Waals surface area contributed by atoms with Crippen molar-refractivity contribution in [3.8, 4) is 0 Å². The molecule has 1 aromatic rings. The van der Waals surface area contributed by atoms with Gasteiger partial charge in [-0.2, -0.15) is 0 Å². The molecule has 1 aromatic heterocycles. The van der Waals surface area contributed by atoms with Gasteiger partial charge in [-0.05, 0) is 11.6 Å². The maximum Gasteiger partial charge on any atom is 0.137 e. The van der Waals surface area contributed by atoms with Crippen molar-refractivity contribution in [3.05, 3.63) is 24.2 Å². The average molecular weight is 138 g/mol. The minimum atomic E-state index is 0.251. The highest BCUT2D eigenvalue weighted by molar-refractivity contribution is 5.80. The minimum absolute atomic E-state index is 0.251. The van der Waals surface area contributed by atoms with E-state index in [0.29, 0.717) is 12.8 Å². The highest BCUT2D eigenvalue weighted by Crippen LogP contribution is 2.02. The zero-order valence-corrected chi connectivity index (χ0v) is 5.96. The fourth-order valence-corrected chi connectivity index (χ4v) is 0.746. The van der Waals surface area contributed by atoms with Crippen LogP contribution in [0.2, 0.25) is 0 Å². The third kappa shape index (κ3) is 1.72. The largest absolute Gasteiger partial charge is 0.472 e. The van der Waals surface area contributed by atoms with Gasteiger partial charge in [-0.1, -0.05) is 6.92 Å². The zero-order chi connectivity index (χ0) is 7.40. The molecule has 0 amide bonds. The Morgan fingerprint density at radius 1 is 1.70 bits per heavy atom. The van der Waals surface area contributed by atoms with Gasteiger partial charge in [0.05, 0.1) is 12.5 Å². The molecular formula is C8H10O2. The first-order valence-electron chi connectivity index (χ1n) is 3.35. The standard InChI is InChI=1S/C8H10O2/c1-2-8(9)5-7-3-4-10-6-7/h3-4,6H,2,5H2,1H3. The summed E-state index contributed by atoms with van der Waals surface area (Å²) in [5.74, 6) is 0.251. The van der Waals surface area contributed by atoms with E-state index in [1.54, 1.807) is 12.5 Å². The van der Waals surface area contributed by atoms with Crippen LogP contribution in [0.15, 0.2) is 23.0 Å². The van der Waals surface area contributed by atoms with Crippen LogP contribution in [0.1, 0.15) is 18.9 Å². The quantitative estimate of drug-likeness (QED) is 0.637. The van der Waals surface area contributed by atoms with Gasteiger partial charge in [0, 0.05) is 12.8 Å². The molecule has 2 heteroatoms. The fraction of sp³-hybridized carbons (Fsp3) is 0.375. The van der Waals surface area contributed by atoms with E-state index < -0.39 is 0 Å². The number of rotatable bonds is 3. The number of furan rings is 1. The molecule has 0 bridgehead atoms. The van der Waals surface area contributed by atoms with Crippen molar-refractivity contribution in [3.63, 3.8) is 0 Å². The molecule has 0 aliphatic heterocycles. The van der Waals surface area contributed by atoms with Gasteiger partial charge >= 0.3 is 0 Å². The summed E-state index contributed by atoms with van der Waals surface area (Å²) in [5, 5.41) is 0. The van der Waals surface area contributed by atoms with Crippen molar-refractivity contribution < 1.29 is 9.21 Å². The van der Waals surface area contributed by atoms with E-state index in [1.165, 1.54) is 0 Å². The van der Waals surface area contributed by atoms with Crippen molar-refractivity contribution in [1.29, 1.82) is 0 Å². The summed E-state index contributed by atoms with van der Waals surface area (Å²) in [5.41, 5.74) is 0.965. The van der Waals surface area contributed by atoms with Gasteiger partial charge < -0.3 is 4.42 Å². The van der Waals surface area contributed by atoms with Gasteiger partial charge in [0.2, 0.25) is 0 Å². The molecule has 0 atom stereocenters. The Morgan fingerprint density at radius 2 is 2.50 bits per heavy atom. The smallest absolute Gasteiger partial charge is 0.137 e. The Morgan fingerprint density at radius 3 is 3.00 bits per heavy atom. The monoisotopic (exact) mass is 138 g/mol. The molecule has 10 heavy (non-hydrogen) atoms. The molecule has 0 saturated heterocycles. The van der Waals surface area contributed by atoms with Crippen molar-refractivity contribution in [2.75, 3.05) is 0 Å². The van der Waals surface area contributed by atoms with Crippen LogP contribution in [0.5, 0.6) is 0 Å². The third-order valence-corrected chi connectivity index (χ3v) is 1.38. The second-order valence-corrected chi connectivity index (χ2v) is 2.20. The Hall–Kier alpha value is -1.05. The average Bonchev–Trinajstić information content (AvgIpc) is 2.40. The summed E-state index contributed by atoms with van der Waals surface area (Å²) in [6, 6.07) is 1.81. The van der Waals surface area contributed by atoms with Gasteiger partial charge in [-0.3, -0.25) is 4.79 Å². The molecule has 2 nitrogen and oxygen atoms in total. The topological polar surface area (TPSA) is 30.2 Å². The Kier molecular flexibility index (Phi) is 2.26. The summed E-state index contributed by atoms with van der Waals surface area (Å²) in [4.78, 5) is 10.8. The highest BCUT2D eigenvalue weighted by Gasteiger charge is 2.00. The summed E-state index contributed by atoms with van der Waals surface area (Å²) in [6.45, 7) is 1.86. The molecule has 0 saturated carbocycles. The van der Waals surface area contributed by atoms with Gasteiger partial charge in [0.1, 0.15) is 5.78 Å². The molecule has 0 aromatic carbocycles. The Balaban J connectivity index is 2.48. The first-order valence-corrected chi connectivity index (χ1v) is 3.35. The maximum atomic E-state index is 10.8. The fourth-order valence-electron chi connectivity index (χ4n) is 0.746. The predicted octanol–water partition coefficient (Wildman–Crippen LogP) is 1.80. The van der Waals surface area contributed by atoms with Gasteiger partial charge in [0.15, 0.2) is 0 Å². The Labute approximate surface area is 59.8 Å². The molecule has 0 spiro atoms. The number of carbonyl (C=O) groups excluding carboxylic acids is 1. The van der Waals surface area contributed by atoms with E-state index in [1.807, 2.05) is 13.0 Å². The lowest BCUT2D eigenvalue weighted by Crippen LogP contribution is -1.98. The number of hydrogen-bond donors (Lipinski definition) is 0. The lowest BCUT2D eigenvalue weighted by molar-refractivity contribution is -0.118. The first kappa shape index (κ1) is 7.06. The van der Waals surface area contributed by atoms with Gasteiger partial charge in [-0.15, -0.1) is 0 Å². The zero-order valence-electron chi connectivity index (χ0n) is 5.96. The molecule has 0 aliphatic carbocycles. The van der Waals surface area contributed by atoms with Crippen LogP contribution < -0.4 is 0 Å². The van der Waals surface area contributed by atoms with Gasteiger partial charge in [0.25, 0.3) is 0 Å². The van der Waals surface area contributed by atoms with Crippen LogP contribution in [-0.2, 0) is 11.2 Å². The Bertz CT molecular complexity index is 199. The molecule has 0 aliphatic rings. The molecule has 0 radical (unpaired) electrons. The first-order chi connectivity index (χ1) is 4.83. The minimum Gasteiger partial charge on any atom is -0.472 e. The van der Waals surface area contributed by atoms with Gasteiger partial charge in [-0.25, -0.2) is 0 Å². The van der Waals surface area contributed by atoms with Crippen LogP contribution in [0.4, 0.5) is 0 Å². The van der Waals surface area contributed by atoms with Crippen LogP contribution in [0.25, 0.3) is 0 Å². The number of ketones is 1. The van der Waals surface area contributed by atoms with Crippen molar-refractivity contribution in [2.45, 2.75) is 19.8 Å². The summed E-state index contributed by atoms with van der Waals surface area (Å²) < 4.78 is 4.81. The lowest BCUT2D eigenvalue weighted by atomic mass is 10.1. The van der Waals surface area contributed by atoms with E-state index in [-0.39, 0.29) is 5.78 Å². The molecule has 54 valence electrons. The van der Waals surface area contributed by atoms with Crippen LogP contribution in [0.3, 0.4) is 0 Å². The van der Waals surface area contributed by atoms with E-state index in [0.717, 1.165) is 5.56 Å². The molecule has 1 heterocycles. The molecule has 0 unspecified atom stereocenters. The van der Waals surface area contributed by atoms with Crippen LogP contribution in [0, 0.1) is 0 Å². The lowest BCUT2D eigenvalue weighted by Gasteiger charge is -1.90.